The summed E-state index contributed by atoms with van der Waals surface area (Å²) in [5.41, 5.74) is 2.45. The van der Waals surface area contributed by atoms with Gasteiger partial charge >= 0.3 is 0 Å². The van der Waals surface area contributed by atoms with E-state index in [1.54, 1.807) is 0 Å². The Kier molecular flexibility index (Phi) is 5.48. The Balaban J connectivity index is 1.88. The fourth-order valence-electron chi connectivity index (χ4n) is 2.02. The zero-order valence-corrected chi connectivity index (χ0v) is 12.6. The van der Waals surface area contributed by atoms with Gasteiger partial charge in [-0.3, -0.25) is 9.97 Å². The van der Waals surface area contributed by atoms with Crippen molar-refractivity contribution in [1.82, 2.24) is 15.3 Å². The van der Waals surface area contributed by atoms with Gasteiger partial charge in [-0.25, -0.2) is 0 Å². The molecule has 0 saturated heterocycles. The van der Waals surface area contributed by atoms with Gasteiger partial charge in [0.25, 0.3) is 0 Å². The molecule has 0 saturated carbocycles. The van der Waals surface area contributed by atoms with Crippen LogP contribution in [0.4, 0.5) is 0 Å². The third-order valence-corrected chi connectivity index (χ3v) is 3.65. The third-order valence-electron chi connectivity index (χ3n) is 3.18. The van der Waals surface area contributed by atoms with E-state index in [-0.39, 0.29) is 0 Å². The van der Waals surface area contributed by atoms with Crippen LogP contribution in [0.5, 0.6) is 0 Å². The zero-order valence-electron chi connectivity index (χ0n) is 11.0. The molecule has 0 aliphatic carbocycles. The van der Waals surface area contributed by atoms with Gasteiger partial charge in [-0.1, -0.05) is 0 Å². The Hall–Kier alpha value is -1.26. The quantitative estimate of drug-likeness (QED) is 0.889. The highest BCUT2D eigenvalue weighted by atomic mass is 79.9. The highest BCUT2D eigenvalue weighted by Crippen LogP contribution is 2.11. The first kappa shape index (κ1) is 14.2. The summed E-state index contributed by atoms with van der Waals surface area (Å²) in [4.78, 5) is 8.46. The van der Waals surface area contributed by atoms with Crippen molar-refractivity contribution in [1.29, 1.82) is 0 Å². The largest absolute Gasteiger partial charge is 0.317 e. The number of hydrogen-bond acceptors (Lipinski definition) is 3. The molecule has 0 amide bonds. The molecular weight excluding hydrogens is 302 g/mol. The maximum absolute atomic E-state index is 4.42. The van der Waals surface area contributed by atoms with E-state index >= 15 is 0 Å². The minimum absolute atomic E-state index is 0.446. The maximum Gasteiger partial charge on any atom is 0.0419 e. The second kappa shape index (κ2) is 7.36. The molecule has 4 heteroatoms. The maximum atomic E-state index is 4.42. The van der Waals surface area contributed by atoms with Crippen LogP contribution < -0.4 is 5.32 Å². The van der Waals surface area contributed by atoms with E-state index in [9.17, 15) is 0 Å². The smallest absolute Gasteiger partial charge is 0.0419 e. The number of aromatic nitrogens is 2. The number of hydrogen-bond donors (Lipinski definition) is 1. The Bertz CT molecular complexity index is 485. The molecule has 2 aromatic heterocycles. The first-order chi connectivity index (χ1) is 9.28. The summed E-state index contributed by atoms with van der Waals surface area (Å²) in [7, 11) is 2.01. The normalized spacial score (nSPS) is 12.3. The molecule has 0 aromatic carbocycles. The molecule has 2 aromatic rings. The van der Waals surface area contributed by atoms with E-state index in [4.69, 9.17) is 0 Å². The number of pyridine rings is 2. The molecule has 0 fully saturated rings. The van der Waals surface area contributed by atoms with Crippen LogP contribution in [0.1, 0.15) is 17.7 Å². The summed E-state index contributed by atoms with van der Waals surface area (Å²) in [5.74, 6) is 0. The number of rotatable bonds is 6. The number of aryl methyl sites for hydroxylation is 1. The van der Waals surface area contributed by atoms with E-state index in [1.807, 2.05) is 31.7 Å². The number of likely N-dealkylation sites (N-methyl/N-ethyl adjacent to an activating group) is 1. The van der Waals surface area contributed by atoms with Crippen LogP contribution in [0.15, 0.2) is 47.3 Å². The second-order valence-electron chi connectivity index (χ2n) is 4.55. The van der Waals surface area contributed by atoms with Crippen LogP contribution in [-0.4, -0.2) is 23.1 Å². The summed E-state index contributed by atoms with van der Waals surface area (Å²) in [6.45, 7) is 0. The van der Waals surface area contributed by atoms with Crippen LogP contribution in [0.25, 0.3) is 0 Å². The first-order valence-electron chi connectivity index (χ1n) is 6.44. The van der Waals surface area contributed by atoms with Crippen molar-refractivity contribution in [3.8, 4) is 0 Å². The highest BCUT2D eigenvalue weighted by molar-refractivity contribution is 9.10. The van der Waals surface area contributed by atoms with Gasteiger partial charge in [0.2, 0.25) is 0 Å². The molecule has 1 N–H and O–H groups in total. The predicted octanol–water partition coefficient (Wildman–Crippen LogP) is 3.00. The van der Waals surface area contributed by atoms with Gasteiger partial charge in [-0.2, -0.15) is 0 Å². The predicted molar refractivity (Wildman–Crippen MR) is 81.0 cm³/mol. The number of nitrogens with one attached hydrogen (secondary N) is 1. The van der Waals surface area contributed by atoms with Crippen molar-refractivity contribution in [2.75, 3.05) is 7.05 Å². The molecule has 1 unspecified atom stereocenters. The van der Waals surface area contributed by atoms with Crippen LogP contribution in [0.3, 0.4) is 0 Å². The summed E-state index contributed by atoms with van der Waals surface area (Å²) < 4.78 is 1.02. The van der Waals surface area contributed by atoms with Gasteiger partial charge in [0.15, 0.2) is 0 Å². The van der Waals surface area contributed by atoms with Crippen molar-refractivity contribution in [3.63, 3.8) is 0 Å². The lowest BCUT2D eigenvalue weighted by Gasteiger charge is -2.15. The van der Waals surface area contributed by atoms with E-state index in [0.717, 1.165) is 29.4 Å². The lowest BCUT2D eigenvalue weighted by atomic mass is 10.0. The third kappa shape index (κ3) is 4.73. The average molecular weight is 320 g/mol. The van der Waals surface area contributed by atoms with Gasteiger partial charge in [-0.05, 0) is 65.6 Å². The Labute approximate surface area is 122 Å². The first-order valence-corrected chi connectivity index (χ1v) is 7.24. The van der Waals surface area contributed by atoms with Crippen LogP contribution >= 0.6 is 15.9 Å². The SMILES string of the molecule is CNC(CCc1ccncc1)Cc1ccc(Br)cn1. The van der Waals surface area contributed by atoms with Crippen molar-refractivity contribution in [2.24, 2.45) is 0 Å². The monoisotopic (exact) mass is 319 g/mol. The van der Waals surface area contributed by atoms with E-state index in [1.165, 1.54) is 5.56 Å². The minimum atomic E-state index is 0.446. The summed E-state index contributed by atoms with van der Waals surface area (Å²) >= 11 is 3.41. The van der Waals surface area contributed by atoms with Gasteiger partial charge in [-0.15, -0.1) is 0 Å². The van der Waals surface area contributed by atoms with Gasteiger partial charge in [0.1, 0.15) is 0 Å². The van der Waals surface area contributed by atoms with E-state index in [0.29, 0.717) is 6.04 Å². The van der Waals surface area contributed by atoms with Crippen LogP contribution in [0, 0.1) is 0 Å². The molecule has 100 valence electrons. The highest BCUT2D eigenvalue weighted by Gasteiger charge is 2.08. The second-order valence-corrected chi connectivity index (χ2v) is 5.47. The molecule has 19 heavy (non-hydrogen) atoms. The van der Waals surface area contributed by atoms with Crippen molar-refractivity contribution in [2.45, 2.75) is 25.3 Å². The Morgan fingerprint density at radius 3 is 2.63 bits per heavy atom. The minimum Gasteiger partial charge on any atom is -0.317 e. The van der Waals surface area contributed by atoms with Crippen molar-refractivity contribution >= 4 is 15.9 Å². The molecule has 1 atom stereocenters. The molecule has 0 radical (unpaired) electrons. The average Bonchev–Trinajstić information content (AvgIpc) is 2.46. The Morgan fingerprint density at radius 1 is 1.21 bits per heavy atom. The van der Waals surface area contributed by atoms with Crippen LogP contribution in [-0.2, 0) is 12.8 Å². The summed E-state index contributed by atoms with van der Waals surface area (Å²) in [6, 6.07) is 8.70. The standard InChI is InChI=1S/C15H18BrN3/c1-17-14(4-2-12-6-8-18-9-7-12)10-15-5-3-13(16)11-19-15/h3,5-9,11,14,17H,2,4,10H2,1H3. The molecule has 2 rings (SSSR count). The van der Waals surface area contributed by atoms with Crippen molar-refractivity contribution in [3.05, 3.63) is 58.6 Å². The van der Waals surface area contributed by atoms with E-state index < -0.39 is 0 Å². The molecule has 0 aliphatic rings. The summed E-state index contributed by atoms with van der Waals surface area (Å²) in [5, 5.41) is 3.37. The Morgan fingerprint density at radius 2 is 2.00 bits per heavy atom. The molecule has 0 spiro atoms. The van der Waals surface area contributed by atoms with Gasteiger partial charge < -0.3 is 5.32 Å². The number of halogens is 1. The summed E-state index contributed by atoms with van der Waals surface area (Å²) in [6.07, 6.45) is 8.66. The molecule has 0 aliphatic heterocycles. The van der Waals surface area contributed by atoms with Crippen molar-refractivity contribution < 1.29 is 0 Å². The zero-order chi connectivity index (χ0) is 13.5. The molecule has 3 nitrogen and oxygen atoms in total. The lowest BCUT2D eigenvalue weighted by molar-refractivity contribution is 0.515. The van der Waals surface area contributed by atoms with Gasteiger partial charge in [0.05, 0.1) is 0 Å². The topological polar surface area (TPSA) is 37.8 Å². The number of nitrogens with zero attached hydrogens (tertiary/aromatic N) is 2. The fraction of sp³-hybridized carbons (Fsp3) is 0.333. The fourth-order valence-corrected chi connectivity index (χ4v) is 2.25. The van der Waals surface area contributed by atoms with Gasteiger partial charge in [0, 0.05) is 41.2 Å². The lowest BCUT2D eigenvalue weighted by Crippen LogP contribution is -2.28. The van der Waals surface area contributed by atoms with E-state index in [2.05, 4.69) is 49.4 Å². The molecule has 0 bridgehead atoms. The molecular formula is C15H18BrN3. The molecule has 2 heterocycles. The van der Waals surface area contributed by atoms with Crippen LogP contribution in [0.2, 0.25) is 0 Å².